The molecule has 0 radical (unpaired) electrons. The Kier molecular flexibility index (Phi) is 5.16. The van der Waals surface area contributed by atoms with Crippen LogP contribution in [-0.4, -0.2) is 18.0 Å². The van der Waals surface area contributed by atoms with Gasteiger partial charge in [-0.1, -0.05) is 29.8 Å². The van der Waals surface area contributed by atoms with E-state index in [2.05, 4.69) is 15.6 Å². The zero-order chi connectivity index (χ0) is 17.6. The molecular weight excluding hydrogens is 338 g/mol. The lowest BCUT2D eigenvalue weighted by molar-refractivity contribution is 0.102. The van der Waals surface area contributed by atoms with Crippen molar-refractivity contribution in [3.63, 3.8) is 0 Å². The van der Waals surface area contributed by atoms with Gasteiger partial charge in [-0.3, -0.25) is 4.79 Å². The van der Waals surface area contributed by atoms with Gasteiger partial charge in [-0.2, -0.15) is 0 Å². The summed E-state index contributed by atoms with van der Waals surface area (Å²) >= 11 is 5.99. The first-order valence-corrected chi connectivity index (χ1v) is 7.96. The maximum atomic E-state index is 12.5. The van der Waals surface area contributed by atoms with Crippen molar-refractivity contribution in [1.29, 1.82) is 0 Å². The number of halogens is 1. The molecule has 2 aromatic carbocycles. The van der Waals surface area contributed by atoms with Crippen molar-refractivity contribution < 1.29 is 9.53 Å². The number of para-hydroxylation sites is 1. The fourth-order valence-electron chi connectivity index (χ4n) is 2.28. The molecule has 1 heterocycles. The summed E-state index contributed by atoms with van der Waals surface area (Å²) in [7, 11) is 1.53. The summed E-state index contributed by atoms with van der Waals surface area (Å²) in [5.41, 5.74) is 1.87. The van der Waals surface area contributed by atoms with Crippen molar-refractivity contribution in [2.24, 2.45) is 0 Å². The summed E-state index contributed by atoms with van der Waals surface area (Å²) in [6, 6.07) is 18.0. The monoisotopic (exact) mass is 353 g/mol. The fraction of sp³-hybridized carbons (Fsp3) is 0.0526. The molecule has 0 atom stereocenters. The SMILES string of the molecule is COc1ccc(Cl)cc1NC(=O)c1ccnc(Nc2ccccc2)c1. The van der Waals surface area contributed by atoms with Crippen LogP contribution in [0.1, 0.15) is 10.4 Å². The molecule has 0 fully saturated rings. The zero-order valence-corrected chi connectivity index (χ0v) is 14.2. The number of rotatable bonds is 5. The largest absolute Gasteiger partial charge is 0.495 e. The molecule has 1 aromatic heterocycles. The maximum absolute atomic E-state index is 12.5. The third-order valence-electron chi connectivity index (χ3n) is 3.48. The quantitative estimate of drug-likeness (QED) is 0.695. The van der Waals surface area contributed by atoms with Gasteiger partial charge in [0, 0.05) is 22.5 Å². The number of benzene rings is 2. The minimum absolute atomic E-state index is 0.279. The van der Waals surface area contributed by atoms with Crippen LogP contribution in [-0.2, 0) is 0 Å². The molecular formula is C19H16ClN3O2. The topological polar surface area (TPSA) is 63.2 Å². The minimum Gasteiger partial charge on any atom is -0.495 e. The predicted molar refractivity (Wildman–Crippen MR) is 99.9 cm³/mol. The highest BCUT2D eigenvalue weighted by Gasteiger charge is 2.11. The van der Waals surface area contributed by atoms with Gasteiger partial charge in [0.15, 0.2) is 0 Å². The number of ether oxygens (including phenoxy) is 1. The van der Waals surface area contributed by atoms with E-state index in [1.165, 1.54) is 7.11 Å². The summed E-state index contributed by atoms with van der Waals surface area (Å²) in [5.74, 6) is 0.838. The van der Waals surface area contributed by atoms with Gasteiger partial charge in [0.2, 0.25) is 0 Å². The normalized spacial score (nSPS) is 10.2. The number of aromatic nitrogens is 1. The first-order chi connectivity index (χ1) is 12.2. The van der Waals surface area contributed by atoms with Gasteiger partial charge in [-0.25, -0.2) is 4.98 Å². The van der Waals surface area contributed by atoms with Crippen LogP contribution in [0.5, 0.6) is 5.75 Å². The molecule has 0 unspecified atom stereocenters. The molecule has 0 aliphatic rings. The highest BCUT2D eigenvalue weighted by Crippen LogP contribution is 2.28. The number of hydrogen-bond donors (Lipinski definition) is 2. The van der Waals surface area contributed by atoms with Gasteiger partial charge in [0.05, 0.1) is 12.8 Å². The van der Waals surface area contributed by atoms with Crippen molar-refractivity contribution in [2.75, 3.05) is 17.7 Å². The van der Waals surface area contributed by atoms with Crippen LogP contribution < -0.4 is 15.4 Å². The van der Waals surface area contributed by atoms with Crippen LogP contribution in [0.4, 0.5) is 17.2 Å². The molecule has 2 N–H and O–H groups in total. The summed E-state index contributed by atoms with van der Waals surface area (Å²) < 4.78 is 5.24. The Morgan fingerprint density at radius 2 is 1.88 bits per heavy atom. The van der Waals surface area contributed by atoms with Crippen LogP contribution in [0.25, 0.3) is 0 Å². The van der Waals surface area contributed by atoms with E-state index >= 15 is 0 Å². The number of pyridine rings is 1. The lowest BCUT2D eigenvalue weighted by Crippen LogP contribution is -2.13. The smallest absolute Gasteiger partial charge is 0.255 e. The van der Waals surface area contributed by atoms with Gasteiger partial charge < -0.3 is 15.4 Å². The second kappa shape index (κ2) is 7.68. The molecule has 5 nitrogen and oxygen atoms in total. The van der Waals surface area contributed by atoms with Gasteiger partial charge in [-0.15, -0.1) is 0 Å². The Bertz CT molecular complexity index is 885. The van der Waals surface area contributed by atoms with Crippen LogP contribution >= 0.6 is 11.6 Å². The van der Waals surface area contributed by atoms with E-state index in [0.29, 0.717) is 27.8 Å². The molecule has 0 spiro atoms. The molecule has 3 rings (SSSR count). The van der Waals surface area contributed by atoms with Gasteiger partial charge in [0.1, 0.15) is 11.6 Å². The van der Waals surface area contributed by atoms with Crippen LogP contribution in [0.3, 0.4) is 0 Å². The molecule has 126 valence electrons. The number of anilines is 3. The number of hydrogen-bond acceptors (Lipinski definition) is 4. The Balaban J connectivity index is 1.79. The number of amides is 1. The molecule has 6 heteroatoms. The average Bonchev–Trinajstić information content (AvgIpc) is 2.63. The summed E-state index contributed by atoms with van der Waals surface area (Å²) in [4.78, 5) is 16.8. The second-order valence-corrected chi connectivity index (χ2v) is 5.66. The lowest BCUT2D eigenvalue weighted by atomic mass is 10.2. The first-order valence-electron chi connectivity index (χ1n) is 7.59. The number of carbonyl (C=O) groups excluding carboxylic acids is 1. The first kappa shape index (κ1) is 16.8. The number of methoxy groups -OCH3 is 1. The Morgan fingerprint density at radius 3 is 2.64 bits per heavy atom. The number of nitrogens with zero attached hydrogens (tertiary/aromatic N) is 1. The number of carbonyl (C=O) groups is 1. The molecule has 0 bridgehead atoms. The van der Waals surface area contributed by atoms with E-state index in [0.717, 1.165) is 5.69 Å². The van der Waals surface area contributed by atoms with Crippen LogP contribution in [0, 0.1) is 0 Å². The van der Waals surface area contributed by atoms with E-state index in [9.17, 15) is 4.79 Å². The van der Waals surface area contributed by atoms with Crippen molar-refractivity contribution in [1.82, 2.24) is 4.98 Å². The molecule has 0 aliphatic heterocycles. The predicted octanol–water partition coefficient (Wildman–Crippen LogP) is 4.74. The molecule has 3 aromatic rings. The molecule has 0 saturated heterocycles. The molecule has 25 heavy (non-hydrogen) atoms. The minimum atomic E-state index is -0.279. The fourth-order valence-corrected chi connectivity index (χ4v) is 2.45. The van der Waals surface area contributed by atoms with Gasteiger partial charge in [0.25, 0.3) is 5.91 Å². The van der Waals surface area contributed by atoms with E-state index in [1.807, 2.05) is 30.3 Å². The van der Waals surface area contributed by atoms with Crippen molar-refractivity contribution in [3.8, 4) is 5.75 Å². The van der Waals surface area contributed by atoms with Gasteiger partial charge in [-0.05, 0) is 42.5 Å². The van der Waals surface area contributed by atoms with E-state index in [4.69, 9.17) is 16.3 Å². The Morgan fingerprint density at radius 1 is 1.08 bits per heavy atom. The Labute approximate surface area is 150 Å². The van der Waals surface area contributed by atoms with Crippen molar-refractivity contribution in [3.05, 3.63) is 77.4 Å². The standard InChI is InChI=1S/C19H16ClN3O2/c1-25-17-8-7-14(20)12-16(17)23-19(24)13-9-10-21-18(11-13)22-15-5-3-2-4-6-15/h2-12H,1H3,(H,21,22)(H,23,24). The highest BCUT2D eigenvalue weighted by atomic mass is 35.5. The van der Waals surface area contributed by atoms with E-state index in [-0.39, 0.29) is 5.91 Å². The maximum Gasteiger partial charge on any atom is 0.255 e. The highest BCUT2D eigenvalue weighted by molar-refractivity contribution is 6.31. The molecule has 0 aliphatic carbocycles. The van der Waals surface area contributed by atoms with Crippen molar-refractivity contribution >= 4 is 34.7 Å². The second-order valence-electron chi connectivity index (χ2n) is 5.22. The number of nitrogens with one attached hydrogen (secondary N) is 2. The lowest BCUT2D eigenvalue weighted by Gasteiger charge is -2.11. The Hall–Kier alpha value is -3.05. The molecule has 0 saturated carbocycles. The van der Waals surface area contributed by atoms with Crippen LogP contribution in [0.2, 0.25) is 5.02 Å². The summed E-state index contributed by atoms with van der Waals surface area (Å²) in [6.07, 6.45) is 1.58. The third-order valence-corrected chi connectivity index (χ3v) is 3.71. The molecule has 1 amide bonds. The van der Waals surface area contributed by atoms with Crippen LogP contribution in [0.15, 0.2) is 66.9 Å². The average molecular weight is 354 g/mol. The third kappa shape index (κ3) is 4.28. The summed E-state index contributed by atoms with van der Waals surface area (Å²) in [5, 5.41) is 6.47. The summed E-state index contributed by atoms with van der Waals surface area (Å²) in [6.45, 7) is 0. The van der Waals surface area contributed by atoms with E-state index < -0.39 is 0 Å². The van der Waals surface area contributed by atoms with Gasteiger partial charge >= 0.3 is 0 Å². The van der Waals surface area contributed by atoms with E-state index in [1.54, 1.807) is 36.5 Å². The van der Waals surface area contributed by atoms with Crippen molar-refractivity contribution in [2.45, 2.75) is 0 Å². The zero-order valence-electron chi connectivity index (χ0n) is 13.5.